The maximum atomic E-state index is 5.83. The summed E-state index contributed by atoms with van der Waals surface area (Å²) >= 11 is 0. The van der Waals surface area contributed by atoms with Gasteiger partial charge in [-0.05, 0) is 37.9 Å². The Bertz CT molecular complexity index is 408. The second-order valence-electron chi connectivity index (χ2n) is 6.18. The number of aryl methyl sites for hydroxylation is 1. The molecular weight excluding hydrogens is 260 g/mol. The molecule has 1 N–H and O–H groups in total. The molecule has 3 atom stereocenters. The van der Waals surface area contributed by atoms with Crippen LogP contribution in [0.5, 0.6) is 0 Å². The smallest absolute Gasteiger partial charge is 0.0678 e. The Labute approximate surface area is 129 Å². The molecule has 2 rings (SSSR count). The van der Waals surface area contributed by atoms with Gasteiger partial charge in [0.2, 0.25) is 0 Å². The summed E-state index contributed by atoms with van der Waals surface area (Å²) in [6, 6.07) is 9.46. The van der Waals surface area contributed by atoms with E-state index in [2.05, 4.69) is 62.2 Å². The van der Waals surface area contributed by atoms with Crippen LogP contribution in [0.4, 0.5) is 0 Å². The molecule has 0 spiro atoms. The summed E-state index contributed by atoms with van der Waals surface area (Å²) in [5.74, 6) is 0. The summed E-state index contributed by atoms with van der Waals surface area (Å²) in [5, 5.41) is 3.63. The van der Waals surface area contributed by atoms with Gasteiger partial charge in [0.05, 0.1) is 12.2 Å². The minimum absolute atomic E-state index is 0.332. The first kappa shape index (κ1) is 16.5. The molecule has 1 aromatic rings. The van der Waals surface area contributed by atoms with Gasteiger partial charge in [-0.1, -0.05) is 38.1 Å². The fourth-order valence-electron chi connectivity index (χ4n) is 3.21. The number of hydrogen-bond donors (Lipinski definition) is 1. The second kappa shape index (κ2) is 7.92. The third-order valence-electron chi connectivity index (χ3n) is 4.18. The SMILES string of the molecule is CCNC(CN1C[C@@H](C)O[C@@H](C)C1)c1ccc(CC)cc1. The van der Waals surface area contributed by atoms with Gasteiger partial charge in [-0.2, -0.15) is 0 Å². The Hall–Kier alpha value is -0.900. The highest BCUT2D eigenvalue weighted by atomic mass is 16.5. The molecule has 1 saturated heterocycles. The van der Waals surface area contributed by atoms with Crippen LogP contribution in [0.15, 0.2) is 24.3 Å². The minimum atomic E-state index is 0.332. The van der Waals surface area contributed by atoms with E-state index in [1.165, 1.54) is 11.1 Å². The van der Waals surface area contributed by atoms with E-state index in [0.29, 0.717) is 18.2 Å². The van der Waals surface area contributed by atoms with Crippen molar-refractivity contribution in [1.82, 2.24) is 10.2 Å². The van der Waals surface area contributed by atoms with Crippen LogP contribution in [-0.2, 0) is 11.2 Å². The molecule has 1 fully saturated rings. The number of rotatable bonds is 6. The van der Waals surface area contributed by atoms with E-state index in [-0.39, 0.29) is 0 Å². The largest absolute Gasteiger partial charge is 0.373 e. The monoisotopic (exact) mass is 290 g/mol. The van der Waals surface area contributed by atoms with Crippen LogP contribution in [0.3, 0.4) is 0 Å². The molecule has 0 amide bonds. The van der Waals surface area contributed by atoms with E-state index < -0.39 is 0 Å². The van der Waals surface area contributed by atoms with Crippen molar-refractivity contribution in [2.24, 2.45) is 0 Å². The van der Waals surface area contributed by atoms with Gasteiger partial charge in [-0.3, -0.25) is 4.90 Å². The molecule has 3 nitrogen and oxygen atoms in total. The van der Waals surface area contributed by atoms with Crippen LogP contribution in [-0.4, -0.2) is 43.3 Å². The van der Waals surface area contributed by atoms with E-state index >= 15 is 0 Å². The third-order valence-corrected chi connectivity index (χ3v) is 4.18. The summed E-state index contributed by atoms with van der Waals surface area (Å²) in [6.45, 7) is 12.8. The van der Waals surface area contributed by atoms with Gasteiger partial charge < -0.3 is 10.1 Å². The summed E-state index contributed by atoms with van der Waals surface area (Å²) < 4.78 is 5.83. The molecule has 1 aromatic carbocycles. The Morgan fingerprint density at radius 1 is 1.14 bits per heavy atom. The van der Waals surface area contributed by atoms with Crippen molar-refractivity contribution in [2.45, 2.75) is 52.4 Å². The average Bonchev–Trinajstić information content (AvgIpc) is 2.46. The molecule has 0 saturated carbocycles. The van der Waals surface area contributed by atoms with Crippen molar-refractivity contribution in [3.63, 3.8) is 0 Å². The lowest BCUT2D eigenvalue weighted by Crippen LogP contribution is -2.48. The third kappa shape index (κ3) is 4.80. The predicted octanol–water partition coefficient (Wildman–Crippen LogP) is 3.01. The summed E-state index contributed by atoms with van der Waals surface area (Å²) in [4.78, 5) is 2.53. The van der Waals surface area contributed by atoms with E-state index in [1.807, 2.05) is 0 Å². The lowest BCUT2D eigenvalue weighted by Gasteiger charge is -2.37. The van der Waals surface area contributed by atoms with Crippen molar-refractivity contribution >= 4 is 0 Å². The zero-order chi connectivity index (χ0) is 15.2. The molecule has 1 aliphatic heterocycles. The van der Waals surface area contributed by atoms with E-state index in [9.17, 15) is 0 Å². The van der Waals surface area contributed by atoms with Crippen molar-refractivity contribution < 1.29 is 4.74 Å². The quantitative estimate of drug-likeness (QED) is 0.871. The average molecular weight is 290 g/mol. The maximum absolute atomic E-state index is 5.83. The minimum Gasteiger partial charge on any atom is -0.373 e. The van der Waals surface area contributed by atoms with Gasteiger partial charge in [0.15, 0.2) is 0 Å². The fraction of sp³-hybridized carbons (Fsp3) is 0.667. The van der Waals surface area contributed by atoms with Crippen molar-refractivity contribution in [2.75, 3.05) is 26.2 Å². The van der Waals surface area contributed by atoms with Crippen molar-refractivity contribution in [3.05, 3.63) is 35.4 Å². The number of nitrogens with zero attached hydrogens (tertiary/aromatic N) is 1. The van der Waals surface area contributed by atoms with E-state index in [1.54, 1.807) is 0 Å². The first-order valence-corrected chi connectivity index (χ1v) is 8.32. The van der Waals surface area contributed by atoms with Crippen LogP contribution in [0.2, 0.25) is 0 Å². The van der Waals surface area contributed by atoms with E-state index in [4.69, 9.17) is 4.74 Å². The number of hydrogen-bond acceptors (Lipinski definition) is 3. The Balaban J connectivity index is 2.03. The molecule has 1 unspecified atom stereocenters. The molecule has 0 bridgehead atoms. The molecular formula is C18H30N2O. The van der Waals surface area contributed by atoms with Gasteiger partial charge in [-0.15, -0.1) is 0 Å². The Kier molecular flexibility index (Phi) is 6.22. The zero-order valence-corrected chi connectivity index (χ0v) is 13.9. The highest BCUT2D eigenvalue weighted by Gasteiger charge is 2.24. The van der Waals surface area contributed by atoms with Gasteiger partial charge in [0, 0.05) is 25.7 Å². The molecule has 118 valence electrons. The maximum Gasteiger partial charge on any atom is 0.0678 e. The van der Waals surface area contributed by atoms with Gasteiger partial charge in [0.1, 0.15) is 0 Å². The predicted molar refractivity (Wildman–Crippen MR) is 88.7 cm³/mol. The highest BCUT2D eigenvalue weighted by molar-refractivity contribution is 5.25. The Morgan fingerprint density at radius 3 is 2.29 bits per heavy atom. The first-order valence-electron chi connectivity index (χ1n) is 8.32. The van der Waals surface area contributed by atoms with Crippen LogP contribution < -0.4 is 5.32 Å². The van der Waals surface area contributed by atoms with Gasteiger partial charge >= 0.3 is 0 Å². The highest BCUT2D eigenvalue weighted by Crippen LogP contribution is 2.19. The molecule has 21 heavy (non-hydrogen) atoms. The van der Waals surface area contributed by atoms with Crippen LogP contribution in [0.25, 0.3) is 0 Å². The number of nitrogens with one attached hydrogen (secondary N) is 1. The normalized spacial score (nSPS) is 25.0. The standard InChI is InChI=1S/C18H30N2O/c1-5-16-7-9-17(10-8-16)18(19-6-2)13-20-11-14(3)21-15(4)12-20/h7-10,14-15,18-19H,5-6,11-13H2,1-4H3/t14-,15+,18?. The number of benzene rings is 1. The topological polar surface area (TPSA) is 24.5 Å². The molecule has 0 radical (unpaired) electrons. The Morgan fingerprint density at radius 2 is 1.76 bits per heavy atom. The molecule has 1 aliphatic rings. The summed E-state index contributed by atoms with van der Waals surface area (Å²) in [6.07, 6.45) is 1.77. The molecule has 0 aromatic heterocycles. The van der Waals surface area contributed by atoms with Crippen LogP contribution in [0.1, 0.15) is 44.9 Å². The molecule has 0 aliphatic carbocycles. The number of ether oxygens (including phenoxy) is 1. The van der Waals surface area contributed by atoms with E-state index in [0.717, 1.165) is 32.6 Å². The van der Waals surface area contributed by atoms with Crippen LogP contribution in [0, 0.1) is 0 Å². The van der Waals surface area contributed by atoms with Crippen LogP contribution >= 0.6 is 0 Å². The lowest BCUT2D eigenvalue weighted by atomic mass is 10.0. The van der Waals surface area contributed by atoms with Crippen molar-refractivity contribution in [3.8, 4) is 0 Å². The number of likely N-dealkylation sites (N-methyl/N-ethyl adjacent to an activating group) is 1. The summed E-state index contributed by atoms with van der Waals surface area (Å²) in [7, 11) is 0. The number of morpholine rings is 1. The second-order valence-corrected chi connectivity index (χ2v) is 6.18. The van der Waals surface area contributed by atoms with Gasteiger partial charge in [0.25, 0.3) is 0 Å². The van der Waals surface area contributed by atoms with Gasteiger partial charge in [-0.25, -0.2) is 0 Å². The molecule has 1 heterocycles. The first-order chi connectivity index (χ1) is 10.1. The van der Waals surface area contributed by atoms with Crippen molar-refractivity contribution in [1.29, 1.82) is 0 Å². The molecule has 3 heteroatoms. The zero-order valence-electron chi connectivity index (χ0n) is 13.9. The fourth-order valence-corrected chi connectivity index (χ4v) is 3.21. The lowest BCUT2D eigenvalue weighted by molar-refractivity contribution is -0.0699. The summed E-state index contributed by atoms with van der Waals surface area (Å²) in [5.41, 5.74) is 2.79.